The number of halogens is 1. The van der Waals surface area contributed by atoms with Crippen LogP contribution in [0.15, 0.2) is 66.7 Å². The number of rotatable bonds is 9. The zero-order valence-corrected chi connectivity index (χ0v) is 22.3. The van der Waals surface area contributed by atoms with Crippen molar-refractivity contribution in [2.24, 2.45) is 11.3 Å². The molecule has 0 radical (unpaired) electrons. The number of phenols is 1. The van der Waals surface area contributed by atoms with Gasteiger partial charge in [-0.25, -0.2) is 4.39 Å². The molecule has 0 saturated heterocycles. The Labute approximate surface area is 224 Å². The summed E-state index contributed by atoms with van der Waals surface area (Å²) in [6, 6.07) is 18.1. The molecule has 3 aromatic rings. The third kappa shape index (κ3) is 5.62. The first-order chi connectivity index (χ1) is 18.2. The van der Waals surface area contributed by atoms with Crippen molar-refractivity contribution in [2.75, 3.05) is 7.11 Å². The summed E-state index contributed by atoms with van der Waals surface area (Å²) in [6.45, 7) is 4.79. The van der Waals surface area contributed by atoms with Crippen molar-refractivity contribution in [2.45, 2.75) is 58.5 Å². The zero-order chi connectivity index (χ0) is 26.9. The Kier molecular flexibility index (Phi) is 7.29. The molecule has 38 heavy (non-hydrogen) atoms. The maximum absolute atomic E-state index is 14.9. The summed E-state index contributed by atoms with van der Waals surface area (Å²) in [5.74, 6) is 0.900. The summed E-state index contributed by atoms with van der Waals surface area (Å²) in [5, 5.41) is 10.1. The van der Waals surface area contributed by atoms with Gasteiger partial charge < -0.3 is 14.6 Å². The molecule has 0 amide bonds. The molecule has 5 heteroatoms. The van der Waals surface area contributed by atoms with Gasteiger partial charge in [0.2, 0.25) is 0 Å². The summed E-state index contributed by atoms with van der Waals surface area (Å²) in [6.07, 6.45) is 6.90. The lowest BCUT2D eigenvalue weighted by molar-refractivity contribution is -0.141. The lowest BCUT2D eigenvalue weighted by Gasteiger charge is -2.25. The maximum atomic E-state index is 14.9. The van der Waals surface area contributed by atoms with Gasteiger partial charge in [0, 0.05) is 5.56 Å². The fraction of sp³-hybridized carbons (Fsp3) is 0.364. The Morgan fingerprint density at radius 3 is 2.58 bits per heavy atom. The van der Waals surface area contributed by atoms with Crippen LogP contribution < -0.4 is 4.74 Å². The highest BCUT2D eigenvalue weighted by atomic mass is 19.1. The van der Waals surface area contributed by atoms with Gasteiger partial charge in [0.25, 0.3) is 0 Å². The average molecular weight is 515 g/mol. The number of carbonyl (C=O) groups excluding carboxylic acids is 1. The van der Waals surface area contributed by atoms with Crippen molar-refractivity contribution < 1.29 is 23.8 Å². The first-order valence-corrected chi connectivity index (χ1v) is 13.4. The van der Waals surface area contributed by atoms with Crippen LogP contribution >= 0.6 is 0 Å². The van der Waals surface area contributed by atoms with Crippen molar-refractivity contribution in [3.8, 4) is 22.6 Å². The third-order valence-corrected chi connectivity index (χ3v) is 7.96. The number of benzene rings is 3. The van der Waals surface area contributed by atoms with Crippen LogP contribution in [0.2, 0.25) is 0 Å². The van der Waals surface area contributed by atoms with Gasteiger partial charge in [-0.3, -0.25) is 4.79 Å². The standard InChI is InChI=1S/C33H35FO4/c1-33(2)15-5-8-30(33)28-16-21(9-13-26(28)29-18-24(35)12-14-31(29)34)20-38-25-7-4-6-23(17-25)27(22-10-11-22)19-32(36)37-3/h4,6-9,12-14,16-18,22,27,35H,5,10-11,15,19-20H2,1-3H3/t27-/m1/s1. The van der Waals surface area contributed by atoms with Crippen molar-refractivity contribution in [3.05, 3.63) is 89.2 Å². The normalized spacial score (nSPS) is 17.1. The molecule has 1 saturated carbocycles. The number of allylic oxidation sites excluding steroid dienone is 2. The molecule has 198 valence electrons. The molecular formula is C33H35FO4. The van der Waals surface area contributed by atoms with Crippen LogP contribution in [0, 0.1) is 17.2 Å². The smallest absolute Gasteiger partial charge is 0.306 e. The third-order valence-electron chi connectivity index (χ3n) is 7.96. The highest BCUT2D eigenvalue weighted by Crippen LogP contribution is 2.48. The highest BCUT2D eigenvalue weighted by molar-refractivity contribution is 5.85. The van der Waals surface area contributed by atoms with Crippen molar-refractivity contribution in [1.29, 1.82) is 0 Å². The van der Waals surface area contributed by atoms with E-state index in [9.17, 15) is 14.3 Å². The van der Waals surface area contributed by atoms with E-state index in [1.54, 1.807) is 0 Å². The van der Waals surface area contributed by atoms with Crippen molar-refractivity contribution >= 4 is 11.5 Å². The molecule has 2 aliphatic carbocycles. The van der Waals surface area contributed by atoms with Crippen LogP contribution in [-0.2, 0) is 16.1 Å². The summed E-state index contributed by atoms with van der Waals surface area (Å²) in [7, 11) is 1.43. The summed E-state index contributed by atoms with van der Waals surface area (Å²) in [4.78, 5) is 12.0. The van der Waals surface area contributed by atoms with E-state index in [1.807, 2.05) is 30.3 Å². The van der Waals surface area contributed by atoms with E-state index < -0.39 is 0 Å². The Hall–Kier alpha value is -3.60. The van der Waals surface area contributed by atoms with Gasteiger partial charge in [0.1, 0.15) is 23.9 Å². The van der Waals surface area contributed by atoms with Crippen LogP contribution in [0.4, 0.5) is 4.39 Å². The minimum atomic E-state index is -0.363. The van der Waals surface area contributed by atoms with E-state index in [4.69, 9.17) is 9.47 Å². The second-order valence-electron chi connectivity index (χ2n) is 11.2. The fourth-order valence-corrected chi connectivity index (χ4v) is 5.64. The first kappa shape index (κ1) is 26.0. The van der Waals surface area contributed by atoms with Gasteiger partial charge in [-0.2, -0.15) is 0 Å². The van der Waals surface area contributed by atoms with E-state index >= 15 is 0 Å². The van der Waals surface area contributed by atoms with E-state index in [1.165, 1.54) is 30.9 Å². The number of esters is 1. The number of ether oxygens (including phenoxy) is 2. The molecule has 5 rings (SSSR count). The SMILES string of the molecule is COC(=O)C[C@@H](c1cccc(OCc2ccc(-c3cc(O)ccc3F)c(C3=CCCC3(C)C)c2)c1)C1CC1. The molecule has 3 aromatic carbocycles. The lowest BCUT2D eigenvalue weighted by Crippen LogP contribution is -2.11. The minimum absolute atomic E-state index is 0.0344. The monoisotopic (exact) mass is 514 g/mol. The van der Waals surface area contributed by atoms with Gasteiger partial charge in [-0.05, 0) is 107 Å². The van der Waals surface area contributed by atoms with Gasteiger partial charge in [0.15, 0.2) is 0 Å². The number of phenolic OH excluding ortho intramolecular Hbond substituents is 1. The largest absolute Gasteiger partial charge is 0.508 e. The summed E-state index contributed by atoms with van der Waals surface area (Å²) >= 11 is 0. The van der Waals surface area contributed by atoms with Crippen LogP contribution in [0.1, 0.15) is 68.6 Å². The molecule has 4 nitrogen and oxygen atoms in total. The second kappa shape index (κ2) is 10.6. The molecule has 0 spiro atoms. The molecule has 0 unspecified atom stereocenters. The molecule has 1 fully saturated rings. The summed E-state index contributed by atoms with van der Waals surface area (Å²) < 4.78 is 26.0. The van der Waals surface area contributed by atoms with Gasteiger partial charge in [0.05, 0.1) is 13.5 Å². The zero-order valence-electron chi connectivity index (χ0n) is 22.3. The molecule has 2 aliphatic rings. The van der Waals surface area contributed by atoms with E-state index in [0.29, 0.717) is 24.5 Å². The van der Waals surface area contributed by atoms with Gasteiger partial charge >= 0.3 is 5.97 Å². The quantitative estimate of drug-likeness (QED) is 0.294. The Balaban J connectivity index is 1.42. The number of carbonyl (C=O) groups is 1. The van der Waals surface area contributed by atoms with Crippen molar-refractivity contribution in [3.63, 3.8) is 0 Å². The predicted octanol–water partition coefficient (Wildman–Crippen LogP) is 8.04. The van der Waals surface area contributed by atoms with Crippen LogP contribution in [0.5, 0.6) is 11.5 Å². The second-order valence-corrected chi connectivity index (χ2v) is 11.2. The topological polar surface area (TPSA) is 55.8 Å². The van der Waals surface area contributed by atoms with E-state index in [-0.39, 0.29) is 28.9 Å². The Morgan fingerprint density at radius 2 is 1.87 bits per heavy atom. The van der Waals surface area contributed by atoms with Gasteiger partial charge in [-0.15, -0.1) is 0 Å². The molecule has 0 bridgehead atoms. The minimum Gasteiger partial charge on any atom is -0.508 e. The van der Waals surface area contributed by atoms with Crippen LogP contribution in [0.25, 0.3) is 16.7 Å². The molecule has 0 aliphatic heterocycles. The molecule has 1 atom stereocenters. The van der Waals surface area contributed by atoms with Crippen molar-refractivity contribution in [1.82, 2.24) is 0 Å². The molecular weight excluding hydrogens is 479 g/mol. The number of hydrogen-bond acceptors (Lipinski definition) is 4. The number of hydrogen-bond donors (Lipinski definition) is 1. The Morgan fingerprint density at radius 1 is 1.05 bits per heavy atom. The maximum Gasteiger partial charge on any atom is 0.306 e. The number of aromatic hydroxyl groups is 1. The lowest BCUT2D eigenvalue weighted by atomic mass is 9.79. The van der Waals surface area contributed by atoms with E-state index in [2.05, 4.69) is 32.1 Å². The van der Waals surface area contributed by atoms with Crippen LogP contribution in [0.3, 0.4) is 0 Å². The molecule has 0 heterocycles. The highest BCUT2D eigenvalue weighted by Gasteiger charge is 2.34. The van der Waals surface area contributed by atoms with Crippen LogP contribution in [-0.4, -0.2) is 18.2 Å². The Bertz CT molecular complexity index is 1370. The molecule has 0 aromatic heterocycles. The fourth-order valence-electron chi connectivity index (χ4n) is 5.64. The van der Waals surface area contributed by atoms with E-state index in [0.717, 1.165) is 53.7 Å². The number of methoxy groups -OCH3 is 1. The first-order valence-electron chi connectivity index (χ1n) is 13.4. The molecule has 1 N–H and O–H groups in total. The average Bonchev–Trinajstić information content (AvgIpc) is 3.69. The van der Waals surface area contributed by atoms with Gasteiger partial charge in [-0.1, -0.05) is 44.2 Å². The predicted molar refractivity (Wildman–Crippen MR) is 147 cm³/mol. The summed E-state index contributed by atoms with van der Waals surface area (Å²) in [5.41, 5.74) is 5.36.